The molecule has 2 aliphatic heterocycles. The number of fused-ring (bicyclic) bond motifs is 1. The van der Waals surface area contributed by atoms with Gasteiger partial charge in [-0.25, -0.2) is 4.79 Å². The molecule has 0 saturated carbocycles. The first-order valence-corrected chi connectivity index (χ1v) is 14.0. The summed E-state index contributed by atoms with van der Waals surface area (Å²) in [4.78, 5) is 44.2. The Hall–Kier alpha value is -3.78. The largest absolute Gasteiger partial charge is 0.341 e. The van der Waals surface area contributed by atoms with E-state index in [9.17, 15) is 14.4 Å². The number of para-hydroxylation sites is 1. The van der Waals surface area contributed by atoms with Crippen LogP contribution in [0.25, 0.3) is 0 Å². The highest BCUT2D eigenvalue weighted by atomic mass is 32.2. The van der Waals surface area contributed by atoms with Crippen molar-refractivity contribution in [1.29, 1.82) is 0 Å². The lowest BCUT2D eigenvalue weighted by atomic mass is 9.89. The van der Waals surface area contributed by atoms with Crippen molar-refractivity contribution in [2.75, 3.05) is 35.6 Å². The van der Waals surface area contributed by atoms with E-state index in [0.29, 0.717) is 36.1 Å². The molecule has 1 atom stereocenters. The highest BCUT2D eigenvalue weighted by Crippen LogP contribution is 2.34. The van der Waals surface area contributed by atoms with Gasteiger partial charge in [0.25, 0.3) is 5.91 Å². The summed E-state index contributed by atoms with van der Waals surface area (Å²) in [7, 11) is 0. The van der Waals surface area contributed by atoms with Gasteiger partial charge in [0.05, 0.1) is 5.69 Å². The molecule has 2 heterocycles. The first-order valence-electron chi connectivity index (χ1n) is 13.0. The Morgan fingerprint density at radius 3 is 2.45 bits per heavy atom. The van der Waals surface area contributed by atoms with Crippen molar-refractivity contribution in [3.05, 3.63) is 90.0 Å². The van der Waals surface area contributed by atoms with Gasteiger partial charge in [-0.1, -0.05) is 54.6 Å². The van der Waals surface area contributed by atoms with E-state index in [2.05, 4.69) is 34.9 Å². The van der Waals surface area contributed by atoms with E-state index < -0.39 is 12.1 Å². The van der Waals surface area contributed by atoms with Gasteiger partial charge in [-0.3, -0.25) is 9.59 Å². The molecular formula is C30H32N4O3S. The van der Waals surface area contributed by atoms with Crippen molar-refractivity contribution in [3.8, 4) is 0 Å². The van der Waals surface area contributed by atoms with Crippen LogP contribution in [-0.4, -0.2) is 54.2 Å². The highest BCUT2D eigenvalue weighted by molar-refractivity contribution is 7.99. The molecule has 0 aliphatic carbocycles. The second-order valence-electron chi connectivity index (χ2n) is 9.79. The number of rotatable bonds is 5. The standard InChI is InChI=1S/C30H32N4O3S/c1-21-8-7-11-24(18-21)31-30(37)32-25-20-38-27-13-6-5-12-26(27)34(29(25)36)19-28(35)33-16-14-23(15-17-33)22-9-3-2-4-10-22/h2-13,18,23,25H,14-17,19-20H2,1H3,(H2,31,32,37). The van der Waals surface area contributed by atoms with Crippen LogP contribution >= 0.6 is 11.8 Å². The molecule has 8 heteroatoms. The second-order valence-corrected chi connectivity index (χ2v) is 10.9. The summed E-state index contributed by atoms with van der Waals surface area (Å²) in [5.41, 5.74) is 3.70. The Kier molecular flexibility index (Phi) is 7.98. The molecule has 1 saturated heterocycles. The van der Waals surface area contributed by atoms with Gasteiger partial charge < -0.3 is 20.4 Å². The van der Waals surface area contributed by atoms with Crippen LogP contribution < -0.4 is 15.5 Å². The molecule has 5 rings (SSSR count). The normalized spacial score (nSPS) is 17.9. The van der Waals surface area contributed by atoms with Crippen molar-refractivity contribution in [2.45, 2.75) is 36.6 Å². The number of benzene rings is 3. The van der Waals surface area contributed by atoms with Crippen molar-refractivity contribution in [3.63, 3.8) is 0 Å². The third-order valence-electron chi connectivity index (χ3n) is 7.12. The van der Waals surface area contributed by atoms with E-state index in [1.807, 2.05) is 60.4 Å². The molecule has 0 bridgehead atoms. The number of carbonyl (C=O) groups excluding carboxylic acids is 3. The Morgan fingerprint density at radius 1 is 0.947 bits per heavy atom. The molecule has 1 unspecified atom stereocenters. The number of likely N-dealkylation sites (tertiary alicyclic amines) is 1. The fraction of sp³-hybridized carbons (Fsp3) is 0.300. The third kappa shape index (κ3) is 6.02. The fourth-order valence-corrected chi connectivity index (χ4v) is 6.16. The number of thioether (sulfide) groups is 1. The number of nitrogens with one attached hydrogen (secondary N) is 2. The number of urea groups is 1. The minimum atomic E-state index is -0.770. The monoisotopic (exact) mass is 528 g/mol. The van der Waals surface area contributed by atoms with Gasteiger partial charge in [0, 0.05) is 29.4 Å². The molecular weight excluding hydrogens is 496 g/mol. The smallest absolute Gasteiger partial charge is 0.319 e. The van der Waals surface area contributed by atoms with Crippen molar-refractivity contribution < 1.29 is 14.4 Å². The van der Waals surface area contributed by atoms with Crippen molar-refractivity contribution in [1.82, 2.24) is 10.2 Å². The average Bonchev–Trinajstić information content (AvgIpc) is 3.06. The molecule has 0 radical (unpaired) electrons. The Labute approximate surface area is 227 Å². The number of hydrogen-bond acceptors (Lipinski definition) is 4. The molecule has 2 aliphatic rings. The summed E-state index contributed by atoms with van der Waals surface area (Å²) in [6.07, 6.45) is 1.80. The number of anilines is 2. The minimum Gasteiger partial charge on any atom is -0.341 e. The number of hydrogen-bond donors (Lipinski definition) is 2. The van der Waals surface area contributed by atoms with Gasteiger partial charge in [0.1, 0.15) is 12.6 Å². The molecule has 0 aromatic heterocycles. The van der Waals surface area contributed by atoms with E-state index >= 15 is 0 Å². The van der Waals surface area contributed by atoms with E-state index in [1.54, 1.807) is 11.0 Å². The summed E-state index contributed by atoms with van der Waals surface area (Å²) in [6.45, 7) is 3.23. The van der Waals surface area contributed by atoms with Gasteiger partial charge in [0.15, 0.2) is 0 Å². The van der Waals surface area contributed by atoms with Crippen LogP contribution in [-0.2, 0) is 9.59 Å². The second kappa shape index (κ2) is 11.7. The van der Waals surface area contributed by atoms with Crippen LogP contribution in [0.15, 0.2) is 83.8 Å². The van der Waals surface area contributed by atoms with Crippen molar-refractivity contribution in [2.24, 2.45) is 0 Å². The van der Waals surface area contributed by atoms with Crippen LogP contribution in [0.3, 0.4) is 0 Å². The zero-order valence-electron chi connectivity index (χ0n) is 21.4. The summed E-state index contributed by atoms with van der Waals surface area (Å²) >= 11 is 1.51. The predicted octanol–water partition coefficient (Wildman–Crippen LogP) is 5.03. The molecule has 3 aromatic rings. The van der Waals surface area contributed by atoms with Gasteiger partial charge in [-0.05, 0) is 61.1 Å². The lowest BCUT2D eigenvalue weighted by Gasteiger charge is -2.34. The zero-order valence-corrected chi connectivity index (χ0v) is 22.2. The van der Waals surface area contributed by atoms with Crippen LogP contribution in [0.1, 0.15) is 29.9 Å². The summed E-state index contributed by atoms with van der Waals surface area (Å²) in [6, 6.07) is 24.3. The van der Waals surface area contributed by atoms with Gasteiger partial charge in [0.2, 0.25) is 5.91 Å². The molecule has 7 nitrogen and oxygen atoms in total. The Morgan fingerprint density at radius 2 is 1.68 bits per heavy atom. The van der Waals surface area contributed by atoms with Gasteiger partial charge >= 0.3 is 6.03 Å². The van der Waals surface area contributed by atoms with E-state index in [-0.39, 0.29) is 18.4 Å². The van der Waals surface area contributed by atoms with E-state index in [1.165, 1.54) is 17.3 Å². The molecule has 4 amide bonds. The third-order valence-corrected chi connectivity index (χ3v) is 8.28. The highest BCUT2D eigenvalue weighted by Gasteiger charge is 2.34. The molecule has 1 fully saturated rings. The van der Waals surface area contributed by atoms with Crippen LogP contribution in [0.5, 0.6) is 0 Å². The Balaban J connectivity index is 1.26. The van der Waals surface area contributed by atoms with Crippen molar-refractivity contribution >= 4 is 41.0 Å². The summed E-state index contributed by atoms with van der Waals surface area (Å²) in [5, 5.41) is 5.64. The number of piperidine rings is 1. The molecule has 3 aromatic carbocycles. The first-order chi connectivity index (χ1) is 18.5. The SMILES string of the molecule is Cc1cccc(NC(=O)NC2CSc3ccccc3N(CC(=O)N3CCC(c4ccccc4)CC3)C2=O)c1. The zero-order chi connectivity index (χ0) is 26.5. The predicted molar refractivity (Wildman–Crippen MR) is 152 cm³/mol. The number of nitrogens with zero attached hydrogens (tertiary/aromatic N) is 2. The van der Waals surface area contributed by atoms with E-state index in [0.717, 1.165) is 23.3 Å². The van der Waals surface area contributed by atoms with Gasteiger partial charge in [-0.15, -0.1) is 11.8 Å². The maximum atomic E-state index is 13.7. The van der Waals surface area contributed by atoms with Gasteiger partial charge in [-0.2, -0.15) is 0 Å². The quantitative estimate of drug-likeness (QED) is 0.487. The van der Waals surface area contributed by atoms with Crippen LogP contribution in [0, 0.1) is 6.92 Å². The lowest BCUT2D eigenvalue weighted by molar-refractivity contribution is -0.132. The average molecular weight is 529 g/mol. The maximum Gasteiger partial charge on any atom is 0.319 e. The lowest BCUT2D eigenvalue weighted by Crippen LogP contribution is -2.53. The number of aryl methyl sites for hydroxylation is 1. The topological polar surface area (TPSA) is 81.8 Å². The molecule has 0 spiro atoms. The van der Waals surface area contributed by atoms with Crippen LogP contribution in [0.4, 0.5) is 16.2 Å². The Bertz CT molecular complexity index is 1310. The van der Waals surface area contributed by atoms with E-state index in [4.69, 9.17) is 0 Å². The first kappa shape index (κ1) is 25.9. The molecule has 196 valence electrons. The molecule has 2 N–H and O–H groups in total. The van der Waals surface area contributed by atoms with Crippen LogP contribution in [0.2, 0.25) is 0 Å². The minimum absolute atomic E-state index is 0.0515. The fourth-order valence-electron chi connectivity index (χ4n) is 5.09. The maximum absolute atomic E-state index is 13.7. The molecule has 38 heavy (non-hydrogen) atoms. The summed E-state index contributed by atoms with van der Waals surface area (Å²) in [5.74, 6) is 0.464. The number of amides is 4. The summed E-state index contributed by atoms with van der Waals surface area (Å²) < 4.78 is 0. The number of carbonyl (C=O) groups is 3.